The first kappa shape index (κ1) is 16.0. The summed E-state index contributed by atoms with van der Waals surface area (Å²) in [6, 6.07) is 7.51. The molecule has 1 atom stereocenters. The molecule has 3 nitrogen and oxygen atoms in total. The van der Waals surface area contributed by atoms with Gasteiger partial charge in [-0.2, -0.15) is 0 Å². The third-order valence-electron chi connectivity index (χ3n) is 3.45. The lowest BCUT2D eigenvalue weighted by Crippen LogP contribution is -2.38. The predicted octanol–water partition coefficient (Wildman–Crippen LogP) is 3.69. The van der Waals surface area contributed by atoms with Gasteiger partial charge < -0.3 is 10.6 Å². The number of hydrogen-bond acceptors (Lipinski definition) is 2. The van der Waals surface area contributed by atoms with Crippen molar-refractivity contribution < 1.29 is 4.79 Å². The van der Waals surface area contributed by atoms with Crippen LogP contribution in [0.2, 0.25) is 5.02 Å². The average Bonchev–Trinajstić information content (AvgIpc) is 2.38. The summed E-state index contributed by atoms with van der Waals surface area (Å²) in [6.07, 6.45) is 2.25. The van der Waals surface area contributed by atoms with E-state index < -0.39 is 0 Å². The first-order valence-electron chi connectivity index (χ1n) is 6.85. The number of nitrogens with one attached hydrogen (secondary N) is 2. The Morgan fingerprint density at radius 3 is 2.58 bits per heavy atom. The van der Waals surface area contributed by atoms with Crippen molar-refractivity contribution in [3.8, 4) is 0 Å². The van der Waals surface area contributed by atoms with Crippen LogP contribution in [0.1, 0.15) is 33.6 Å². The molecule has 1 unspecified atom stereocenters. The number of hydrogen-bond donors (Lipinski definition) is 2. The van der Waals surface area contributed by atoms with Crippen LogP contribution < -0.4 is 10.6 Å². The first-order valence-corrected chi connectivity index (χ1v) is 7.23. The number of carbonyl (C=O) groups is 1. The van der Waals surface area contributed by atoms with E-state index in [0.717, 1.165) is 18.5 Å². The average molecular weight is 283 g/mol. The van der Waals surface area contributed by atoms with Crippen LogP contribution in [0.3, 0.4) is 0 Å². The molecule has 0 aromatic heterocycles. The van der Waals surface area contributed by atoms with Crippen molar-refractivity contribution in [2.45, 2.75) is 39.7 Å². The van der Waals surface area contributed by atoms with Gasteiger partial charge in [-0.05, 0) is 31.0 Å². The Kier molecular flexibility index (Phi) is 6.89. The van der Waals surface area contributed by atoms with Gasteiger partial charge in [0.2, 0.25) is 5.91 Å². The van der Waals surface area contributed by atoms with Gasteiger partial charge in [0.25, 0.3) is 0 Å². The van der Waals surface area contributed by atoms with Crippen LogP contribution in [0.5, 0.6) is 0 Å². The Hall–Kier alpha value is -1.06. The lowest BCUT2D eigenvalue weighted by Gasteiger charge is -2.22. The van der Waals surface area contributed by atoms with Crippen molar-refractivity contribution in [1.82, 2.24) is 5.32 Å². The third kappa shape index (κ3) is 5.62. The molecule has 2 N–H and O–H groups in total. The standard InChI is InChI=1S/C15H23ClN2O/c1-4-12(5-2)11(3)17-10-15(19)18-14-8-6-7-13(16)9-14/h6-9,11-12,17H,4-5,10H2,1-3H3,(H,18,19). The number of rotatable bonds is 7. The molecule has 0 saturated carbocycles. The molecule has 0 aliphatic heterocycles. The van der Waals surface area contributed by atoms with Crippen LogP contribution in [-0.4, -0.2) is 18.5 Å². The first-order chi connectivity index (χ1) is 9.06. The molecule has 106 valence electrons. The van der Waals surface area contributed by atoms with Crippen LogP contribution in [0.4, 0.5) is 5.69 Å². The second kappa shape index (κ2) is 8.18. The van der Waals surface area contributed by atoms with E-state index in [2.05, 4.69) is 31.4 Å². The molecule has 0 saturated heterocycles. The second-order valence-electron chi connectivity index (χ2n) is 4.80. The molecule has 19 heavy (non-hydrogen) atoms. The summed E-state index contributed by atoms with van der Waals surface area (Å²) < 4.78 is 0. The summed E-state index contributed by atoms with van der Waals surface area (Å²) in [6.45, 7) is 6.81. The van der Waals surface area contributed by atoms with Gasteiger partial charge in [0.15, 0.2) is 0 Å². The highest BCUT2D eigenvalue weighted by molar-refractivity contribution is 6.30. The quantitative estimate of drug-likeness (QED) is 0.801. The van der Waals surface area contributed by atoms with Gasteiger partial charge in [-0.15, -0.1) is 0 Å². The smallest absolute Gasteiger partial charge is 0.238 e. The number of carbonyl (C=O) groups excluding carboxylic acids is 1. The van der Waals surface area contributed by atoms with Crippen molar-refractivity contribution in [3.05, 3.63) is 29.3 Å². The van der Waals surface area contributed by atoms with Gasteiger partial charge in [-0.25, -0.2) is 0 Å². The van der Waals surface area contributed by atoms with Gasteiger partial charge in [-0.3, -0.25) is 4.79 Å². The zero-order chi connectivity index (χ0) is 14.3. The molecule has 0 spiro atoms. The maximum absolute atomic E-state index is 11.8. The fourth-order valence-corrected chi connectivity index (χ4v) is 2.38. The van der Waals surface area contributed by atoms with Gasteiger partial charge in [0, 0.05) is 16.8 Å². The molecule has 0 heterocycles. The number of benzene rings is 1. The van der Waals surface area contributed by atoms with Crippen LogP contribution in [0, 0.1) is 5.92 Å². The summed E-state index contributed by atoms with van der Waals surface area (Å²) in [4.78, 5) is 11.8. The van der Waals surface area contributed by atoms with E-state index in [0.29, 0.717) is 23.5 Å². The van der Waals surface area contributed by atoms with Gasteiger partial charge in [0.1, 0.15) is 0 Å². The Balaban J connectivity index is 2.39. The van der Waals surface area contributed by atoms with Crippen molar-refractivity contribution in [3.63, 3.8) is 0 Å². The highest BCUT2D eigenvalue weighted by atomic mass is 35.5. The van der Waals surface area contributed by atoms with Crippen LogP contribution in [0.25, 0.3) is 0 Å². The summed E-state index contributed by atoms with van der Waals surface area (Å²) >= 11 is 5.87. The summed E-state index contributed by atoms with van der Waals surface area (Å²) in [5.41, 5.74) is 0.731. The van der Waals surface area contributed by atoms with E-state index in [1.807, 2.05) is 12.1 Å². The third-order valence-corrected chi connectivity index (χ3v) is 3.68. The summed E-state index contributed by atoms with van der Waals surface area (Å²) in [7, 11) is 0. The Labute approximate surface area is 120 Å². The maximum Gasteiger partial charge on any atom is 0.238 e. The van der Waals surface area contributed by atoms with Gasteiger partial charge in [-0.1, -0.05) is 44.4 Å². The molecule has 1 rings (SSSR count). The molecule has 1 amide bonds. The minimum atomic E-state index is -0.0416. The van der Waals surface area contributed by atoms with Gasteiger partial charge >= 0.3 is 0 Å². The largest absolute Gasteiger partial charge is 0.325 e. The van der Waals surface area contributed by atoms with E-state index in [1.54, 1.807) is 12.1 Å². The van der Waals surface area contributed by atoms with E-state index in [9.17, 15) is 4.79 Å². The predicted molar refractivity (Wildman–Crippen MR) is 81.6 cm³/mol. The van der Waals surface area contributed by atoms with E-state index in [4.69, 9.17) is 11.6 Å². The SMILES string of the molecule is CCC(CC)C(C)NCC(=O)Nc1cccc(Cl)c1. The maximum atomic E-state index is 11.8. The minimum absolute atomic E-state index is 0.0416. The molecule has 0 fully saturated rings. The Morgan fingerprint density at radius 2 is 2.00 bits per heavy atom. The monoisotopic (exact) mass is 282 g/mol. The Morgan fingerprint density at radius 1 is 1.32 bits per heavy atom. The highest BCUT2D eigenvalue weighted by Crippen LogP contribution is 2.15. The molecule has 1 aromatic carbocycles. The molecule has 1 aromatic rings. The topological polar surface area (TPSA) is 41.1 Å². The van der Waals surface area contributed by atoms with Gasteiger partial charge in [0.05, 0.1) is 6.54 Å². The molecular formula is C15H23ClN2O. The lowest BCUT2D eigenvalue weighted by molar-refractivity contribution is -0.115. The van der Waals surface area contributed by atoms with E-state index in [1.165, 1.54) is 0 Å². The van der Waals surface area contributed by atoms with Crippen LogP contribution >= 0.6 is 11.6 Å². The minimum Gasteiger partial charge on any atom is -0.325 e. The number of anilines is 1. The van der Waals surface area contributed by atoms with Crippen molar-refractivity contribution in [2.24, 2.45) is 5.92 Å². The molecule has 0 bridgehead atoms. The van der Waals surface area contributed by atoms with Crippen LogP contribution in [0.15, 0.2) is 24.3 Å². The normalized spacial score (nSPS) is 12.5. The molecular weight excluding hydrogens is 260 g/mol. The lowest BCUT2D eigenvalue weighted by atomic mass is 9.95. The molecule has 0 radical (unpaired) electrons. The Bertz CT molecular complexity index is 405. The number of halogens is 1. The highest BCUT2D eigenvalue weighted by Gasteiger charge is 2.13. The van der Waals surface area contributed by atoms with Crippen LogP contribution in [-0.2, 0) is 4.79 Å². The van der Waals surface area contributed by atoms with Crippen molar-refractivity contribution >= 4 is 23.2 Å². The van der Waals surface area contributed by atoms with E-state index in [-0.39, 0.29) is 5.91 Å². The fourth-order valence-electron chi connectivity index (χ4n) is 2.19. The van der Waals surface area contributed by atoms with Crippen molar-refractivity contribution in [2.75, 3.05) is 11.9 Å². The van der Waals surface area contributed by atoms with Crippen molar-refractivity contribution in [1.29, 1.82) is 0 Å². The zero-order valence-corrected chi connectivity index (χ0v) is 12.6. The molecule has 0 aliphatic rings. The molecule has 0 aliphatic carbocycles. The molecule has 4 heteroatoms. The fraction of sp³-hybridized carbons (Fsp3) is 0.533. The summed E-state index contributed by atoms with van der Waals surface area (Å²) in [5, 5.41) is 6.72. The van der Waals surface area contributed by atoms with E-state index >= 15 is 0 Å². The second-order valence-corrected chi connectivity index (χ2v) is 5.24. The zero-order valence-electron chi connectivity index (χ0n) is 11.9. The number of amides is 1. The summed E-state index contributed by atoms with van der Waals surface area (Å²) in [5.74, 6) is 0.569.